The molecule has 0 N–H and O–H groups in total. The van der Waals surface area contributed by atoms with Gasteiger partial charge in [-0.25, -0.2) is 0 Å². The van der Waals surface area contributed by atoms with Crippen LogP contribution in [0.1, 0.15) is 73.3 Å². The summed E-state index contributed by atoms with van der Waals surface area (Å²) < 4.78 is 17.0. The molecule has 2 rings (SSSR count). The Morgan fingerprint density at radius 2 is 1.69 bits per heavy atom. The molecule has 26 heavy (non-hydrogen) atoms. The van der Waals surface area contributed by atoms with E-state index >= 15 is 0 Å². The van der Waals surface area contributed by atoms with Crippen LogP contribution in [0.25, 0.3) is 0 Å². The Morgan fingerprint density at radius 1 is 1.00 bits per heavy atom. The molecule has 1 fully saturated rings. The molecule has 0 amide bonds. The smallest absolute Gasteiger partial charge is 0.157 e. The number of hydrogen-bond acceptors (Lipinski definition) is 3. The number of ether oxygens (including phenoxy) is 3. The average Bonchev–Trinajstić information content (AvgIpc) is 2.50. The first-order valence-electron chi connectivity index (χ1n) is 9.98. The Hall–Kier alpha value is -1.06. The Bertz CT molecular complexity index is 485. The predicted molar refractivity (Wildman–Crippen MR) is 110 cm³/mol. The fourth-order valence-corrected chi connectivity index (χ4v) is 2.54. The van der Waals surface area contributed by atoms with Gasteiger partial charge in [0.25, 0.3) is 0 Å². The fraction of sp³-hybridized carbons (Fsp3) is 0.739. The van der Waals surface area contributed by atoms with Crippen LogP contribution in [0.2, 0.25) is 0 Å². The average molecular weight is 365 g/mol. The van der Waals surface area contributed by atoms with Crippen LogP contribution in [0, 0.1) is 10.8 Å². The molecule has 3 nitrogen and oxygen atoms in total. The number of rotatable bonds is 6. The van der Waals surface area contributed by atoms with E-state index in [0.29, 0.717) is 24.0 Å². The van der Waals surface area contributed by atoms with Gasteiger partial charge in [-0.2, -0.15) is 0 Å². The lowest BCUT2D eigenvalue weighted by Gasteiger charge is -2.22. The van der Waals surface area contributed by atoms with Crippen molar-refractivity contribution < 1.29 is 14.2 Å². The molecule has 1 heterocycles. The molecule has 0 aliphatic carbocycles. The SMILES string of the molecule is CC(C)(C)C.CC(C)(C)Cc1cccc(OCCOC2CCCCO2)c1. The molecular weight excluding hydrogens is 324 g/mol. The summed E-state index contributed by atoms with van der Waals surface area (Å²) in [4.78, 5) is 0. The number of benzene rings is 1. The van der Waals surface area contributed by atoms with Gasteiger partial charge in [-0.05, 0) is 54.2 Å². The van der Waals surface area contributed by atoms with Crippen LogP contribution in [0.4, 0.5) is 0 Å². The van der Waals surface area contributed by atoms with Crippen LogP contribution >= 0.6 is 0 Å². The maximum atomic E-state index is 5.77. The maximum absolute atomic E-state index is 5.77. The molecular formula is C23H40O3. The van der Waals surface area contributed by atoms with Crippen molar-refractivity contribution in [3.63, 3.8) is 0 Å². The van der Waals surface area contributed by atoms with Crippen molar-refractivity contribution in [2.75, 3.05) is 19.8 Å². The summed E-state index contributed by atoms with van der Waals surface area (Å²) in [5.74, 6) is 0.921. The zero-order valence-corrected chi connectivity index (χ0v) is 18.1. The van der Waals surface area contributed by atoms with Crippen LogP contribution in [0.15, 0.2) is 24.3 Å². The standard InChI is InChI=1S/C18H28O3.C5H12/c1-18(2,3)14-15-7-6-8-16(13-15)19-11-12-21-17-9-4-5-10-20-17;1-5(2,3)4/h6-8,13,17H,4-5,9-12,14H2,1-3H3;1-4H3. The number of hydrogen-bond donors (Lipinski definition) is 0. The highest BCUT2D eigenvalue weighted by Crippen LogP contribution is 2.23. The lowest BCUT2D eigenvalue weighted by molar-refractivity contribution is -0.165. The van der Waals surface area contributed by atoms with Gasteiger partial charge in [0.15, 0.2) is 6.29 Å². The molecule has 1 atom stereocenters. The molecule has 1 aliphatic heterocycles. The van der Waals surface area contributed by atoms with Crippen LogP contribution < -0.4 is 4.74 Å². The summed E-state index contributed by atoms with van der Waals surface area (Å²) in [5, 5.41) is 0. The molecule has 1 unspecified atom stereocenters. The van der Waals surface area contributed by atoms with Gasteiger partial charge in [0.1, 0.15) is 12.4 Å². The van der Waals surface area contributed by atoms with Crippen LogP contribution in [-0.2, 0) is 15.9 Å². The van der Waals surface area contributed by atoms with Gasteiger partial charge in [-0.3, -0.25) is 0 Å². The highest BCUT2D eigenvalue weighted by atomic mass is 16.7. The van der Waals surface area contributed by atoms with Crippen molar-refractivity contribution in [3.05, 3.63) is 29.8 Å². The highest BCUT2D eigenvalue weighted by Gasteiger charge is 2.14. The van der Waals surface area contributed by atoms with Gasteiger partial charge in [0.2, 0.25) is 0 Å². The summed E-state index contributed by atoms with van der Waals surface area (Å²) in [6.45, 7) is 17.5. The van der Waals surface area contributed by atoms with E-state index in [1.807, 2.05) is 6.07 Å². The normalized spacial score (nSPS) is 18.0. The van der Waals surface area contributed by atoms with Gasteiger partial charge in [-0.1, -0.05) is 60.6 Å². The van der Waals surface area contributed by atoms with Gasteiger partial charge >= 0.3 is 0 Å². The highest BCUT2D eigenvalue weighted by molar-refractivity contribution is 5.29. The second-order valence-corrected chi connectivity index (χ2v) is 9.90. The predicted octanol–water partition coefficient (Wildman–Crippen LogP) is 6.25. The van der Waals surface area contributed by atoms with Gasteiger partial charge in [-0.15, -0.1) is 0 Å². The van der Waals surface area contributed by atoms with Crippen LogP contribution in [-0.4, -0.2) is 26.1 Å². The Morgan fingerprint density at radius 3 is 2.27 bits per heavy atom. The molecule has 0 bridgehead atoms. The van der Waals surface area contributed by atoms with E-state index in [4.69, 9.17) is 14.2 Å². The van der Waals surface area contributed by atoms with Crippen molar-refractivity contribution in [2.45, 2.75) is 80.4 Å². The van der Waals surface area contributed by atoms with E-state index in [2.05, 4.69) is 66.7 Å². The summed E-state index contributed by atoms with van der Waals surface area (Å²) in [5.41, 5.74) is 2.11. The first-order valence-corrected chi connectivity index (χ1v) is 9.98. The molecule has 1 aliphatic rings. The third kappa shape index (κ3) is 13.2. The largest absolute Gasteiger partial charge is 0.491 e. The van der Waals surface area contributed by atoms with Gasteiger partial charge < -0.3 is 14.2 Å². The quantitative estimate of drug-likeness (QED) is 0.558. The third-order valence-corrected chi connectivity index (χ3v) is 3.43. The summed E-state index contributed by atoms with van der Waals surface area (Å²) in [6, 6.07) is 8.34. The molecule has 1 aromatic rings. The van der Waals surface area contributed by atoms with Gasteiger partial charge in [0, 0.05) is 6.61 Å². The molecule has 150 valence electrons. The second kappa shape index (κ2) is 10.9. The van der Waals surface area contributed by atoms with Crippen molar-refractivity contribution >= 4 is 0 Å². The minimum Gasteiger partial charge on any atom is -0.491 e. The minimum absolute atomic E-state index is 0.0328. The lowest BCUT2D eigenvalue weighted by atomic mass is 9.88. The molecule has 0 aromatic heterocycles. The van der Waals surface area contributed by atoms with Crippen molar-refractivity contribution in [3.8, 4) is 5.75 Å². The second-order valence-electron chi connectivity index (χ2n) is 9.90. The monoisotopic (exact) mass is 364 g/mol. The van der Waals surface area contributed by atoms with Crippen LogP contribution in [0.3, 0.4) is 0 Å². The lowest BCUT2D eigenvalue weighted by Crippen LogP contribution is -2.24. The molecule has 1 aromatic carbocycles. The minimum atomic E-state index is -0.0328. The first-order chi connectivity index (χ1) is 12.0. The van der Waals surface area contributed by atoms with E-state index < -0.39 is 0 Å². The van der Waals surface area contributed by atoms with E-state index in [1.165, 1.54) is 12.0 Å². The van der Waals surface area contributed by atoms with E-state index in [-0.39, 0.29) is 6.29 Å². The molecule has 0 radical (unpaired) electrons. The summed E-state index contributed by atoms with van der Waals surface area (Å²) >= 11 is 0. The van der Waals surface area contributed by atoms with Gasteiger partial charge in [0.05, 0.1) is 6.61 Å². The van der Waals surface area contributed by atoms with Crippen molar-refractivity contribution in [1.82, 2.24) is 0 Å². The molecule has 0 saturated carbocycles. The topological polar surface area (TPSA) is 27.7 Å². The Kier molecular flexibility index (Phi) is 9.67. The third-order valence-electron chi connectivity index (χ3n) is 3.43. The zero-order valence-electron chi connectivity index (χ0n) is 18.1. The molecule has 1 saturated heterocycles. The fourth-order valence-electron chi connectivity index (χ4n) is 2.54. The Labute approximate surface area is 161 Å². The van der Waals surface area contributed by atoms with E-state index in [0.717, 1.165) is 31.6 Å². The molecule has 3 heteroatoms. The maximum Gasteiger partial charge on any atom is 0.157 e. The zero-order chi connectivity index (χ0) is 19.6. The Balaban J connectivity index is 0.000000597. The van der Waals surface area contributed by atoms with E-state index in [9.17, 15) is 0 Å². The van der Waals surface area contributed by atoms with Crippen molar-refractivity contribution in [1.29, 1.82) is 0 Å². The summed E-state index contributed by atoms with van der Waals surface area (Å²) in [6.07, 6.45) is 4.36. The first kappa shape index (κ1) is 23.0. The molecule has 0 spiro atoms. The summed E-state index contributed by atoms with van der Waals surface area (Å²) in [7, 11) is 0. The van der Waals surface area contributed by atoms with E-state index in [1.54, 1.807) is 0 Å². The van der Waals surface area contributed by atoms with Crippen molar-refractivity contribution in [2.24, 2.45) is 10.8 Å². The van der Waals surface area contributed by atoms with Crippen LogP contribution in [0.5, 0.6) is 5.75 Å².